The Morgan fingerprint density at radius 3 is 1.90 bits per heavy atom. The summed E-state index contributed by atoms with van der Waals surface area (Å²) in [5.41, 5.74) is -0.824. The van der Waals surface area contributed by atoms with E-state index in [0.717, 1.165) is 10.5 Å². The summed E-state index contributed by atoms with van der Waals surface area (Å²) in [5, 5.41) is 0. The van der Waals surface area contributed by atoms with E-state index in [1.807, 2.05) is 22.6 Å². The highest BCUT2D eigenvalue weighted by Gasteiger charge is 2.26. The fourth-order valence-electron chi connectivity index (χ4n) is 1.55. The summed E-state index contributed by atoms with van der Waals surface area (Å²) < 4.78 is 59.2. The monoisotopic (exact) mass is 410 g/mol. The molecule has 0 fully saturated rings. The van der Waals surface area contributed by atoms with Gasteiger partial charge >= 0.3 is 5.97 Å². The number of halogens is 5. The molecule has 0 amide bonds. The number of carbonyl (C=O) groups is 1. The number of benzene rings is 2. The summed E-state index contributed by atoms with van der Waals surface area (Å²) in [6.45, 7) is 0.877. The first-order valence-corrected chi connectivity index (χ1v) is 6.71. The van der Waals surface area contributed by atoms with E-state index < -0.39 is 40.6 Å². The molecular weight excluding hydrogens is 403 g/mol. The van der Waals surface area contributed by atoms with Crippen molar-refractivity contribution in [3.63, 3.8) is 0 Å². The molecule has 0 atom stereocenters. The zero-order valence-corrected chi connectivity index (χ0v) is 12.7. The van der Waals surface area contributed by atoms with Gasteiger partial charge in [-0.2, -0.15) is 8.78 Å². The van der Waals surface area contributed by atoms with E-state index in [0.29, 0.717) is 0 Å². The van der Waals surface area contributed by atoms with Crippen LogP contribution in [0, 0.1) is 33.8 Å². The SMILES string of the molecule is Cc1c(F)c(F)c(OC(=O)c2ccc(I)cc2)c(F)c1F. The first-order chi connectivity index (χ1) is 9.82. The van der Waals surface area contributed by atoms with Gasteiger partial charge in [-0.1, -0.05) is 0 Å². The Hall–Kier alpha value is -1.64. The molecule has 0 aliphatic carbocycles. The average molecular weight is 410 g/mol. The molecule has 0 aliphatic heterocycles. The largest absolute Gasteiger partial charge is 0.416 e. The molecule has 0 heterocycles. The quantitative estimate of drug-likeness (QED) is 0.242. The van der Waals surface area contributed by atoms with Crippen LogP contribution in [0.1, 0.15) is 15.9 Å². The fraction of sp³-hybridized carbons (Fsp3) is 0.0714. The summed E-state index contributed by atoms with van der Waals surface area (Å²) in [5.74, 6) is -9.19. The Bertz CT molecular complexity index is 685. The van der Waals surface area contributed by atoms with Crippen LogP contribution in [-0.2, 0) is 0 Å². The van der Waals surface area contributed by atoms with Crippen molar-refractivity contribution in [3.05, 3.63) is 62.2 Å². The highest BCUT2D eigenvalue weighted by atomic mass is 127. The number of carbonyl (C=O) groups excluding carboxylic acids is 1. The van der Waals surface area contributed by atoms with Crippen molar-refractivity contribution in [2.75, 3.05) is 0 Å². The molecule has 21 heavy (non-hydrogen) atoms. The second-order valence-corrected chi connectivity index (χ2v) is 5.35. The van der Waals surface area contributed by atoms with Gasteiger partial charge in [0.2, 0.25) is 17.4 Å². The summed E-state index contributed by atoms with van der Waals surface area (Å²) in [6.07, 6.45) is 0. The molecule has 0 N–H and O–H groups in total. The minimum atomic E-state index is -1.75. The number of hydrogen-bond donors (Lipinski definition) is 0. The Labute approximate surface area is 130 Å². The predicted molar refractivity (Wildman–Crippen MR) is 75.1 cm³/mol. The molecule has 0 unspecified atom stereocenters. The summed E-state index contributed by atoms with van der Waals surface area (Å²) in [6, 6.07) is 5.86. The molecule has 0 aromatic heterocycles. The van der Waals surface area contributed by atoms with Crippen molar-refractivity contribution in [1.82, 2.24) is 0 Å². The zero-order chi connectivity index (χ0) is 15.7. The third kappa shape index (κ3) is 3.02. The molecular formula is C14H7F4IO2. The third-order valence-corrected chi connectivity index (χ3v) is 3.44. The fourth-order valence-corrected chi connectivity index (χ4v) is 1.91. The highest BCUT2D eigenvalue weighted by molar-refractivity contribution is 14.1. The molecule has 2 nitrogen and oxygen atoms in total. The lowest BCUT2D eigenvalue weighted by atomic mass is 10.2. The summed E-state index contributed by atoms with van der Waals surface area (Å²) in [7, 11) is 0. The van der Waals surface area contributed by atoms with Crippen LogP contribution in [0.15, 0.2) is 24.3 Å². The molecule has 0 bridgehead atoms. The molecule has 0 saturated heterocycles. The van der Waals surface area contributed by atoms with Crippen molar-refractivity contribution in [3.8, 4) is 5.75 Å². The third-order valence-electron chi connectivity index (χ3n) is 2.72. The smallest absolute Gasteiger partial charge is 0.343 e. The Morgan fingerprint density at radius 2 is 1.43 bits per heavy atom. The van der Waals surface area contributed by atoms with E-state index in [-0.39, 0.29) is 5.56 Å². The van der Waals surface area contributed by atoms with Crippen LogP contribution in [0.2, 0.25) is 0 Å². The van der Waals surface area contributed by atoms with E-state index >= 15 is 0 Å². The van der Waals surface area contributed by atoms with Crippen LogP contribution in [0.25, 0.3) is 0 Å². The minimum Gasteiger partial charge on any atom is -0.416 e. The summed E-state index contributed by atoms with van der Waals surface area (Å²) in [4.78, 5) is 11.7. The van der Waals surface area contributed by atoms with E-state index in [2.05, 4.69) is 4.74 Å². The molecule has 7 heteroatoms. The van der Waals surface area contributed by atoms with Gasteiger partial charge < -0.3 is 4.74 Å². The van der Waals surface area contributed by atoms with Crippen molar-refractivity contribution in [2.45, 2.75) is 6.92 Å². The second-order valence-electron chi connectivity index (χ2n) is 4.11. The van der Waals surface area contributed by atoms with Gasteiger partial charge in [-0.15, -0.1) is 0 Å². The molecule has 2 rings (SSSR count). The normalized spacial score (nSPS) is 10.6. The lowest BCUT2D eigenvalue weighted by Gasteiger charge is -2.10. The molecule has 0 saturated carbocycles. The topological polar surface area (TPSA) is 26.3 Å². The van der Waals surface area contributed by atoms with Crippen molar-refractivity contribution in [1.29, 1.82) is 0 Å². The van der Waals surface area contributed by atoms with Gasteiger partial charge in [-0.3, -0.25) is 0 Å². The second kappa shape index (κ2) is 6.00. The van der Waals surface area contributed by atoms with E-state index in [1.54, 1.807) is 12.1 Å². The Balaban J connectivity index is 2.40. The van der Waals surface area contributed by atoms with E-state index in [4.69, 9.17) is 0 Å². The number of hydrogen-bond acceptors (Lipinski definition) is 2. The Morgan fingerprint density at radius 1 is 0.952 bits per heavy atom. The van der Waals surface area contributed by atoms with Crippen LogP contribution in [-0.4, -0.2) is 5.97 Å². The molecule has 0 radical (unpaired) electrons. The van der Waals surface area contributed by atoms with Crippen LogP contribution >= 0.6 is 22.6 Å². The number of ether oxygens (including phenoxy) is 1. The zero-order valence-electron chi connectivity index (χ0n) is 10.5. The van der Waals surface area contributed by atoms with Crippen molar-refractivity contribution in [2.24, 2.45) is 0 Å². The first kappa shape index (κ1) is 15.7. The summed E-state index contributed by atoms with van der Waals surface area (Å²) >= 11 is 2.00. The van der Waals surface area contributed by atoms with Gasteiger partial charge in [0.15, 0.2) is 11.6 Å². The van der Waals surface area contributed by atoms with Crippen molar-refractivity contribution >= 4 is 28.6 Å². The minimum absolute atomic E-state index is 0.00407. The van der Waals surface area contributed by atoms with Gasteiger partial charge in [0.05, 0.1) is 5.56 Å². The first-order valence-electron chi connectivity index (χ1n) is 5.63. The van der Waals surface area contributed by atoms with Gasteiger partial charge in [-0.05, 0) is 53.8 Å². The molecule has 110 valence electrons. The van der Waals surface area contributed by atoms with Crippen LogP contribution in [0.4, 0.5) is 17.6 Å². The highest BCUT2D eigenvalue weighted by Crippen LogP contribution is 2.30. The van der Waals surface area contributed by atoms with E-state index in [9.17, 15) is 22.4 Å². The molecule has 0 spiro atoms. The van der Waals surface area contributed by atoms with Gasteiger partial charge in [0, 0.05) is 9.13 Å². The van der Waals surface area contributed by atoms with Crippen molar-refractivity contribution < 1.29 is 27.1 Å². The molecule has 2 aromatic rings. The molecule has 2 aromatic carbocycles. The molecule has 0 aliphatic rings. The van der Waals surface area contributed by atoms with Gasteiger partial charge in [-0.25, -0.2) is 13.6 Å². The van der Waals surface area contributed by atoms with Crippen LogP contribution < -0.4 is 4.74 Å². The van der Waals surface area contributed by atoms with Gasteiger partial charge in [0.1, 0.15) is 0 Å². The lowest BCUT2D eigenvalue weighted by Crippen LogP contribution is -2.13. The van der Waals surface area contributed by atoms with Crippen LogP contribution in [0.5, 0.6) is 5.75 Å². The van der Waals surface area contributed by atoms with Crippen LogP contribution in [0.3, 0.4) is 0 Å². The van der Waals surface area contributed by atoms with Gasteiger partial charge in [0.25, 0.3) is 0 Å². The standard InChI is InChI=1S/C14H7F4IO2/c1-6-9(15)11(17)13(12(18)10(6)16)21-14(20)7-2-4-8(19)5-3-7/h2-5H,1H3. The average Bonchev–Trinajstić information content (AvgIpc) is 2.48. The maximum Gasteiger partial charge on any atom is 0.343 e. The lowest BCUT2D eigenvalue weighted by molar-refractivity contribution is 0.0717. The maximum atomic E-state index is 13.6. The number of esters is 1. The van der Waals surface area contributed by atoms with E-state index in [1.165, 1.54) is 12.1 Å². The number of rotatable bonds is 2. The maximum absolute atomic E-state index is 13.6. The predicted octanol–water partition coefficient (Wildman–Crippen LogP) is 4.38. The Kier molecular flexibility index (Phi) is 4.50.